The summed E-state index contributed by atoms with van der Waals surface area (Å²) in [5.41, 5.74) is 0.961. The van der Waals surface area contributed by atoms with Gasteiger partial charge in [0.25, 0.3) is 0 Å². The van der Waals surface area contributed by atoms with E-state index in [9.17, 15) is 4.79 Å². The predicted octanol–water partition coefficient (Wildman–Crippen LogP) is 2.28. The molecule has 0 spiro atoms. The Balaban J connectivity index is 2.97. The van der Waals surface area contributed by atoms with Crippen LogP contribution in [0.5, 0.6) is 0 Å². The van der Waals surface area contributed by atoms with Gasteiger partial charge >= 0.3 is 5.97 Å². The number of carbonyl (C=O) groups is 1. The van der Waals surface area contributed by atoms with Crippen LogP contribution in [0.15, 0.2) is 18.3 Å². The second kappa shape index (κ2) is 5.28. The SMILES string of the molecule is COC(=O)c1ncccc1NSI. The lowest BCUT2D eigenvalue weighted by molar-refractivity contribution is 0.0595. The number of nitrogens with zero attached hydrogens (tertiary/aromatic N) is 1. The summed E-state index contributed by atoms with van der Waals surface area (Å²) in [5.74, 6) is -0.437. The smallest absolute Gasteiger partial charge is 0.358 e. The van der Waals surface area contributed by atoms with Gasteiger partial charge in [-0.25, -0.2) is 9.78 Å². The summed E-state index contributed by atoms with van der Waals surface area (Å²) >= 11 is 2.07. The molecule has 0 aromatic carbocycles. The van der Waals surface area contributed by atoms with Crippen LogP contribution < -0.4 is 4.72 Å². The summed E-state index contributed by atoms with van der Waals surface area (Å²) in [6.45, 7) is 0. The van der Waals surface area contributed by atoms with Gasteiger partial charge in [0.1, 0.15) is 0 Å². The number of hydrogen-bond donors (Lipinski definition) is 1. The average molecular weight is 310 g/mol. The van der Waals surface area contributed by atoms with Crippen LogP contribution in [0.2, 0.25) is 0 Å². The molecule has 0 bridgehead atoms. The first-order valence-electron chi connectivity index (χ1n) is 3.36. The summed E-state index contributed by atoms with van der Waals surface area (Å²) in [6, 6.07) is 3.52. The lowest BCUT2D eigenvalue weighted by atomic mass is 10.3. The van der Waals surface area contributed by atoms with Crippen molar-refractivity contribution in [2.24, 2.45) is 0 Å². The number of halogens is 1. The number of aromatic nitrogens is 1. The maximum atomic E-state index is 11.2. The molecule has 4 nitrogen and oxygen atoms in total. The number of methoxy groups -OCH3 is 1. The molecule has 0 atom stereocenters. The highest BCUT2D eigenvalue weighted by Gasteiger charge is 2.11. The minimum absolute atomic E-state index is 0.300. The molecular weight excluding hydrogens is 303 g/mol. The minimum atomic E-state index is -0.437. The van der Waals surface area contributed by atoms with E-state index in [1.807, 2.05) is 0 Å². The van der Waals surface area contributed by atoms with Crippen molar-refractivity contribution in [1.82, 2.24) is 4.98 Å². The molecule has 1 N–H and O–H groups in total. The Morgan fingerprint density at radius 2 is 2.54 bits per heavy atom. The second-order valence-corrected chi connectivity index (χ2v) is 3.75. The van der Waals surface area contributed by atoms with Gasteiger partial charge in [0.15, 0.2) is 5.69 Å². The highest BCUT2D eigenvalue weighted by atomic mass is 127. The molecule has 6 heteroatoms. The van der Waals surface area contributed by atoms with Gasteiger partial charge < -0.3 is 9.46 Å². The second-order valence-electron chi connectivity index (χ2n) is 2.07. The molecule has 1 heterocycles. The summed E-state index contributed by atoms with van der Waals surface area (Å²) < 4.78 is 7.50. The molecule has 70 valence electrons. The Morgan fingerprint density at radius 1 is 1.77 bits per heavy atom. The van der Waals surface area contributed by atoms with Gasteiger partial charge in [-0.15, -0.1) is 0 Å². The van der Waals surface area contributed by atoms with Crippen LogP contribution in [-0.4, -0.2) is 18.1 Å². The van der Waals surface area contributed by atoms with Crippen LogP contribution in [0.1, 0.15) is 10.5 Å². The van der Waals surface area contributed by atoms with Crippen molar-refractivity contribution in [1.29, 1.82) is 0 Å². The lowest BCUT2D eigenvalue weighted by Gasteiger charge is -2.05. The van der Waals surface area contributed by atoms with E-state index in [-0.39, 0.29) is 0 Å². The summed E-state index contributed by atoms with van der Waals surface area (Å²) in [4.78, 5) is 15.1. The van der Waals surface area contributed by atoms with Gasteiger partial charge in [-0.3, -0.25) is 0 Å². The number of anilines is 1. The van der Waals surface area contributed by atoms with Crippen molar-refractivity contribution in [3.8, 4) is 0 Å². The largest absolute Gasteiger partial charge is 0.464 e. The van der Waals surface area contributed by atoms with Crippen LogP contribution in [0.4, 0.5) is 5.69 Å². The fourth-order valence-corrected chi connectivity index (χ4v) is 1.75. The van der Waals surface area contributed by atoms with Gasteiger partial charge in [0, 0.05) is 36.5 Å². The number of nitrogens with one attached hydrogen (secondary N) is 1. The third-order valence-corrected chi connectivity index (χ3v) is 2.29. The quantitative estimate of drug-likeness (QED) is 0.527. The lowest BCUT2D eigenvalue weighted by Crippen LogP contribution is -2.06. The van der Waals surface area contributed by atoms with Crippen molar-refractivity contribution < 1.29 is 9.53 Å². The normalized spacial score (nSPS) is 9.38. The maximum absolute atomic E-state index is 11.2. The highest BCUT2D eigenvalue weighted by molar-refractivity contribution is 14.2. The molecule has 13 heavy (non-hydrogen) atoms. The van der Waals surface area contributed by atoms with Crippen molar-refractivity contribution in [3.63, 3.8) is 0 Å². The molecule has 0 unspecified atom stereocenters. The number of pyridine rings is 1. The Labute approximate surface area is 92.2 Å². The summed E-state index contributed by atoms with van der Waals surface area (Å²) in [7, 11) is 2.70. The molecule has 1 aromatic heterocycles. The standard InChI is InChI=1S/C7H7IN2O2S/c1-12-7(11)6-5(10-13-8)3-2-4-9-6/h2-4,10H,1H3. The van der Waals surface area contributed by atoms with Crippen LogP contribution in [0.3, 0.4) is 0 Å². The number of hydrogen-bond acceptors (Lipinski definition) is 5. The predicted molar refractivity (Wildman–Crippen MR) is 60.8 cm³/mol. The zero-order chi connectivity index (χ0) is 9.68. The first-order chi connectivity index (χ1) is 6.29. The van der Waals surface area contributed by atoms with Gasteiger partial charge in [-0.2, -0.15) is 0 Å². The van der Waals surface area contributed by atoms with Crippen molar-refractivity contribution in [2.75, 3.05) is 11.8 Å². The molecule has 1 aromatic rings. The van der Waals surface area contributed by atoms with Gasteiger partial charge in [0.05, 0.1) is 12.8 Å². The van der Waals surface area contributed by atoms with E-state index < -0.39 is 5.97 Å². The molecule has 0 aliphatic carbocycles. The molecule has 0 saturated carbocycles. The third kappa shape index (κ3) is 2.73. The monoisotopic (exact) mass is 310 g/mol. The van der Waals surface area contributed by atoms with E-state index in [1.165, 1.54) is 16.2 Å². The van der Waals surface area contributed by atoms with Crippen LogP contribution >= 0.6 is 30.3 Å². The molecule has 1 rings (SSSR count). The fraction of sp³-hybridized carbons (Fsp3) is 0.143. The zero-order valence-corrected chi connectivity index (χ0v) is 9.76. The van der Waals surface area contributed by atoms with Crippen LogP contribution in [0.25, 0.3) is 0 Å². The maximum Gasteiger partial charge on any atom is 0.358 e. The molecule has 0 radical (unpaired) electrons. The first-order valence-corrected chi connectivity index (χ1v) is 6.72. The zero-order valence-electron chi connectivity index (χ0n) is 6.78. The number of carbonyl (C=O) groups excluding carboxylic acids is 1. The van der Waals surface area contributed by atoms with Crippen molar-refractivity contribution in [3.05, 3.63) is 24.0 Å². The Kier molecular flexibility index (Phi) is 4.29. The third-order valence-electron chi connectivity index (χ3n) is 1.33. The van der Waals surface area contributed by atoms with Gasteiger partial charge in [-0.1, -0.05) is 0 Å². The van der Waals surface area contributed by atoms with E-state index in [0.29, 0.717) is 11.4 Å². The van der Waals surface area contributed by atoms with Gasteiger partial charge in [0.2, 0.25) is 0 Å². The van der Waals surface area contributed by atoms with Crippen molar-refractivity contribution >= 4 is 42.0 Å². The van der Waals surface area contributed by atoms with E-state index in [2.05, 4.69) is 35.6 Å². The average Bonchev–Trinajstić information content (AvgIpc) is 2.18. The number of rotatable bonds is 3. The van der Waals surface area contributed by atoms with Crippen molar-refractivity contribution in [2.45, 2.75) is 0 Å². The van der Waals surface area contributed by atoms with E-state index in [1.54, 1.807) is 18.3 Å². The van der Waals surface area contributed by atoms with Gasteiger partial charge in [-0.05, 0) is 12.1 Å². The summed E-state index contributed by atoms with van der Waals surface area (Å²) in [6.07, 6.45) is 1.55. The summed E-state index contributed by atoms with van der Waals surface area (Å²) in [5, 5.41) is 0. The van der Waals surface area contributed by atoms with Crippen LogP contribution in [-0.2, 0) is 4.74 Å². The minimum Gasteiger partial charge on any atom is -0.464 e. The Hall–Kier alpha value is -0.500. The first kappa shape index (κ1) is 10.6. The Morgan fingerprint density at radius 3 is 3.15 bits per heavy atom. The molecular formula is C7H7IN2O2S. The number of ether oxygens (including phenoxy) is 1. The highest BCUT2D eigenvalue weighted by Crippen LogP contribution is 2.20. The molecule has 0 fully saturated rings. The molecule has 0 amide bonds. The fourth-order valence-electron chi connectivity index (χ4n) is 0.789. The van der Waals surface area contributed by atoms with E-state index in [4.69, 9.17) is 0 Å². The molecule has 0 aliphatic rings. The molecule has 0 aliphatic heterocycles. The van der Waals surface area contributed by atoms with E-state index >= 15 is 0 Å². The molecule has 0 saturated heterocycles. The topological polar surface area (TPSA) is 51.2 Å². The Bertz CT molecular complexity index is 308. The number of esters is 1. The van der Waals surface area contributed by atoms with E-state index in [0.717, 1.165) is 0 Å². The van der Waals surface area contributed by atoms with Crippen LogP contribution in [0, 0.1) is 0 Å².